The number of aromatic hydroxyl groups is 1. The smallest absolute Gasteiger partial charge is 0.131 e. The third-order valence-electron chi connectivity index (χ3n) is 3.53. The minimum Gasteiger partial charge on any atom is -0.508 e. The summed E-state index contributed by atoms with van der Waals surface area (Å²) in [5, 5.41) is 14.6. The molecule has 2 aromatic carbocycles. The number of phenolic OH excluding ortho intramolecular Hbond substituents is 1. The quantitative estimate of drug-likeness (QED) is 0.703. The predicted molar refractivity (Wildman–Crippen MR) is 87.6 cm³/mol. The van der Waals surface area contributed by atoms with Crippen molar-refractivity contribution < 1.29 is 5.11 Å². The van der Waals surface area contributed by atoms with Gasteiger partial charge in [0.1, 0.15) is 11.6 Å². The zero-order valence-corrected chi connectivity index (χ0v) is 12.6. The fourth-order valence-corrected chi connectivity index (χ4v) is 2.51. The molecule has 2 N–H and O–H groups in total. The molecule has 0 aliphatic carbocycles. The summed E-state index contributed by atoms with van der Waals surface area (Å²) in [4.78, 5) is 4.55. The van der Waals surface area contributed by atoms with Gasteiger partial charge in [0.25, 0.3) is 0 Å². The van der Waals surface area contributed by atoms with Crippen LogP contribution in [0.3, 0.4) is 0 Å². The van der Waals surface area contributed by atoms with Crippen molar-refractivity contribution in [2.45, 2.75) is 13.8 Å². The Balaban J connectivity index is 2.07. The van der Waals surface area contributed by atoms with Gasteiger partial charge in [0.05, 0.1) is 5.52 Å². The lowest BCUT2D eigenvalue weighted by atomic mass is 10.1. The lowest BCUT2D eigenvalue weighted by Crippen LogP contribution is -1.97. The first-order chi connectivity index (χ1) is 10.0. The van der Waals surface area contributed by atoms with E-state index in [2.05, 4.69) is 10.3 Å². The standard InChI is InChI=1S/C17H15ClN2O/c1-10-8-17(19-15-5-3-4-14(18)11(15)2)20-16-9-12(21)6-7-13(10)16/h3-9,21H,1-2H3,(H,19,20). The SMILES string of the molecule is Cc1c(Cl)cccc1Nc1cc(C)c2ccc(O)cc2n1. The Morgan fingerprint density at radius 1 is 1.10 bits per heavy atom. The van der Waals surface area contributed by atoms with E-state index in [4.69, 9.17) is 11.6 Å². The van der Waals surface area contributed by atoms with Gasteiger partial charge in [-0.25, -0.2) is 4.98 Å². The number of rotatable bonds is 2. The number of nitrogens with zero attached hydrogens (tertiary/aromatic N) is 1. The van der Waals surface area contributed by atoms with Gasteiger partial charge in [-0.1, -0.05) is 17.7 Å². The molecule has 3 aromatic rings. The van der Waals surface area contributed by atoms with E-state index >= 15 is 0 Å². The van der Waals surface area contributed by atoms with Crippen molar-refractivity contribution in [3.63, 3.8) is 0 Å². The Morgan fingerprint density at radius 2 is 1.90 bits per heavy atom. The van der Waals surface area contributed by atoms with Crippen LogP contribution >= 0.6 is 11.6 Å². The molecule has 0 spiro atoms. The van der Waals surface area contributed by atoms with Crippen molar-refractivity contribution in [1.29, 1.82) is 0 Å². The van der Waals surface area contributed by atoms with Crippen molar-refractivity contribution in [3.8, 4) is 5.75 Å². The topological polar surface area (TPSA) is 45.1 Å². The van der Waals surface area contributed by atoms with Gasteiger partial charge in [0.15, 0.2) is 0 Å². The summed E-state index contributed by atoms with van der Waals surface area (Å²) in [7, 11) is 0. The Hall–Kier alpha value is -2.26. The average molecular weight is 299 g/mol. The number of benzene rings is 2. The average Bonchev–Trinajstić information content (AvgIpc) is 2.43. The third-order valence-corrected chi connectivity index (χ3v) is 3.94. The van der Waals surface area contributed by atoms with Crippen LogP contribution in [0.5, 0.6) is 5.75 Å². The van der Waals surface area contributed by atoms with Gasteiger partial charge in [-0.05, 0) is 55.3 Å². The summed E-state index contributed by atoms with van der Waals surface area (Å²) < 4.78 is 0. The molecule has 1 heterocycles. The molecule has 0 bridgehead atoms. The molecule has 0 atom stereocenters. The highest BCUT2D eigenvalue weighted by molar-refractivity contribution is 6.31. The van der Waals surface area contributed by atoms with E-state index in [1.54, 1.807) is 12.1 Å². The number of pyridine rings is 1. The number of phenols is 1. The Kier molecular flexibility index (Phi) is 3.43. The van der Waals surface area contributed by atoms with Crippen LogP contribution in [0.4, 0.5) is 11.5 Å². The molecule has 106 valence electrons. The number of aryl methyl sites for hydroxylation is 1. The molecular weight excluding hydrogens is 284 g/mol. The van der Waals surface area contributed by atoms with Crippen molar-refractivity contribution in [2.75, 3.05) is 5.32 Å². The molecule has 0 saturated carbocycles. The summed E-state index contributed by atoms with van der Waals surface area (Å²) in [6, 6.07) is 12.9. The summed E-state index contributed by atoms with van der Waals surface area (Å²) in [5.41, 5.74) is 3.77. The summed E-state index contributed by atoms with van der Waals surface area (Å²) >= 11 is 6.13. The monoisotopic (exact) mass is 298 g/mol. The number of anilines is 2. The molecule has 0 radical (unpaired) electrons. The Labute approximate surface area is 128 Å². The molecule has 4 heteroatoms. The second kappa shape index (κ2) is 5.26. The highest BCUT2D eigenvalue weighted by Gasteiger charge is 2.06. The van der Waals surface area contributed by atoms with Crippen LogP contribution in [-0.2, 0) is 0 Å². The van der Waals surface area contributed by atoms with E-state index in [9.17, 15) is 5.11 Å². The molecule has 0 unspecified atom stereocenters. The van der Waals surface area contributed by atoms with Gasteiger partial charge < -0.3 is 10.4 Å². The van der Waals surface area contributed by atoms with E-state index in [1.165, 1.54) is 0 Å². The molecule has 0 saturated heterocycles. The second-order valence-electron chi connectivity index (χ2n) is 5.06. The van der Waals surface area contributed by atoms with Gasteiger partial charge in [-0.3, -0.25) is 0 Å². The molecule has 0 amide bonds. The molecule has 3 rings (SSSR count). The van der Waals surface area contributed by atoms with Gasteiger partial charge in [-0.15, -0.1) is 0 Å². The van der Waals surface area contributed by atoms with Crippen LogP contribution in [0, 0.1) is 13.8 Å². The summed E-state index contributed by atoms with van der Waals surface area (Å²) in [6.07, 6.45) is 0. The van der Waals surface area contributed by atoms with Gasteiger partial charge in [0, 0.05) is 22.2 Å². The van der Waals surface area contributed by atoms with Crippen molar-refractivity contribution in [2.24, 2.45) is 0 Å². The fraction of sp³-hybridized carbons (Fsp3) is 0.118. The number of halogens is 1. The van der Waals surface area contributed by atoms with Crippen molar-refractivity contribution in [3.05, 3.63) is 58.6 Å². The second-order valence-corrected chi connectivity index (χ2v) is 5.47. The number of aromatic nitrogens is 1. The van der Waals surface area contributed by atoms with Crippen LogP contribution in [0.1, 0.15) is 11.1 Å². The lowest BCUT2D eigenvalue weighted by Gasteiger charge is -2.12. The zero-order chi connectivity index (χ0) is 15.0. The molecule has 0 aliphatic rings. The first kappa shape index (κ1) is 13.7. The normalized spacial score (nSPS) is 10.8. The predicted octanol–water partition coefficient (Wildman–Crippen LogP) is 4.95. The molecule has 21 heavy (non-hydrogen) atoms. The molecule has 1 aromatic heterocycles. The van der Waals surface area contributed by atoms with Crippen LogP contribution in [0.2, 0.25) is 5.02 Å². The largest absolute Gasteiger partial charge is 0.508 e. The zero-order valence-electron chi connectivity index (χ0n) is 11.8. The fourth-order valence-electron chi connectivity index (χ4n) is 2.34. The number of nitrogens with one attached hydrogen (secondary N) is 1. The number of hydrogen-bond donors (Lipinski definition) is 2. The minimum absolute atomic E-state index is 0.213. The van der Waals surface area contributed by atoms with E-state index in [0.29, 0.717) is 0 Å². The van der Waals surface area contributed by atoms with E-state index in [0.717, 1.165) is 38.6 Å². The lowest BCUT2D eigenvalue weighted by molar-refractivity contribution is 0.476. The minimum atomic E-state index is 0.213. The van der Waals surface area contributed by atoms with Gasteiger partial charge in [0.2, 0.25) is 0 Å². The highest BCUT2D eigenvalue weighted by Crippen LogP contribution is 2.28. The van der Waals surface area contributed by atoms with E-state index < -0.39 is 0 Å². The molecule has 0 fully saturated rings. The molecule has 3 nitrogen and oxygen atoms in total. The number of fused-ring (bicyclic) bond motifs is 1. The van der Waals surface area contributed by atoms with Crippen LogP contribution in [-0.4, -0.2) is 10.1 Å². The maximum Gasteiger partial charge on any atom is 0.131 e. The summed E-state index contributed by atoms with van der Waals surface area (Å²) in [5.74, 6) is 0.946. The molecule has 0 aliphatic heterocycles. The highest BCUT2D eigenvalue weighted by atomic mass is 35.5. The number of hydrogen-bond acceptors (Lipinski definition) is 3. The van der Waals surface area contributed by atoms with Crippen LogP contribution < -0.4 is 5.32 Å². The first-order valence-electron chi connectivity index (χ1n) is 6.67. The van der Waals surface area contributed by atoms with Gasteiger partial charge >= 0.3 is 0 Å². The maximum absolute atomic E-state index is 9.60. The summed E-state index contributed by atoms with van der Waals surface area (Å²) in [6.45, 7) is 3.99. The van der Waals surface area contributed by atoms with Gasteiger partial charge in [-0.2, -0.15) is 0 Å². The maximum atomic E-state index is 9.60. The Bertz CT molecular complexity index is 830. The van der Waals surface area contributed by atoms with Crippen molar-refractivity contribution >= 4 is 34.0 Å². The Morgan fingerprint density at radius 3 is 2.71 bits per heavy atom. The van der Waals surface area contributed by atoms with Crippen LogP contribution in [0.25, 0.3) is 10.9 Å². The van der Waals surface area contributed by atoms with Crippen LogP contribution in [0.15, 0.2) is 42.5 Å². The van der Waals surface area contributed by atoms with Crippen molar-refractivity contribution in [1.82, 2.24) is 4.98 Å². The molecular formula is C17H15ClN2O. The van der Waals surface area contributed by atoms with E-state index in [1.807, 2.05) is 44.2 Å². The first-order valence-corrected chi connectivity index (χ1v) is 7.05. The van der Waals surface area contributed by atoms with E-state index in [-0.39, 0.29) is 5.75 Å². The third kappa shape index (κ3) is 2.65.